The molecular weight excluding hydrogens is 440 g/mol. The molecule has 0 bridgehead atoms. The van der Waals surface area contributed by atoms with E-state index in [1.54, 1.807) is 42.5 Å². The smallest absolute Gasteiger partial charge is 0.261 e. The zero-order valence-electron chi connectivity index (χ0n) is 18.9. The van der Waals surface area contributed by atoms with Crippen LogP contribution in [0.1, 0.15) is 28.4 Å². The second-order valence-corrected chi connectivity index (χ2v) is 9.15. The van der Waals surface area contributed by atoms with Gasteiger partial charge in [-0.2, -0.15) is 0 Å². The highest BCUT2D eigenvalue weighted by Crippen LogP contribution is 2.22. The van der Waals surface area contributed by atoms with Crippen molar-refractivity contribution >= 4 is 27.3 Å². The normalized spacial score (nSPS) is 11.1. The predicted octanol–water partition coefficient (Wildman–Crippen LogP) is 4.77. The van der Waals surface area contributed by atoms with E-state index < -0.39 is 10.0 Å². The minimum absolute atomic E-state index is 0.106. The van der Waals surface area contributed by atoms with E-state index in [0.717, 1.165) is 11.1 Å². The van der Waals surface area contributed by atoms with Crippen molar-refractivity contribution in [1.29, 1.82) is 0 Å². The lowest BCUT2D eigenvalue weighted by Gasteiger charge is -2.12. The third kappa shape index (κ3) is 6.81. The fourth-order valence-corrected chi connectivity index (χ4v) is 4.25. The van der Waals surface area contributed by atoms with Crippen LogP contribution in [0.5, 0.6) is 5.75 Å². The Labute approximate surface area is 194 Å². The number of ether oxygens (including phenoxy) is 2. The minimum Gasteiger partial charge on any atom is -0.491 e. The highest BCUT2D eigenvalue weighted by atomic mass is 32.2. The fourth-order valence-electron chi connectivity index (χ4n) is 3.12. The van der Waals surface area contributed by atoms with Crippen LogP contribution >= 0.6 is 0 Å². The zero-order chi connectivity index (χ0) is 23.8. The average molecular weight is 469 g/mol. The SMILES string of the molecule is CCOCCOc1ccc(C(=O)Nc2ccc(S(=O)(=O)Nc3ccc(C)cc3C)cc2)cc1. The molecule has 3 aromatic carbocycles. The molecular formula is C25H28N2O5S. The first-order chi connectivity index (χ1) is 15.8. The van der Waals surface area contributed by atoms with Gasteiger partial charge in [0.1, 0.15) is 12.4 Å². The topological polar surface area (TPSA) is 93.7 Å². The van der Waals surface area contributed by atoms with E-state index in [2.05, 4.69) is 10.0 Å². The molecule has 0 aromatic heterocycles. The molecule has 0 aliphatic carbocycles. The molecule has 0 fully saturated rings. The van der Waals surface area contributed by atoms with Crippen LogP contribution in [0, 0.1) is 13.8 Å². The molecule has 3 aromatic rings. The van der Waals surface area contributed by atoms with Crippen LogP contribution in [0.4, 0.5) is 11.4 Å². The number of anilines is 2. The third-order valence-electron chi connectivity index (χ3n) is 4.87. The van der Waals surface area contributed by atoms with Crippen LogP contribution in [0.15, 0.2) is 71.6 Å². The van der Waals surface area contributed by atoms with Gasteiger partial charge in [-0.15, -0.1) is 0 Å². The van der Waals surface area contributed by atoms with Crippen LogP contribution in [0.3, 0.4) is 0 Å². The Morgan fingerprint density at radius 3 is 2.24 bits per heavy atom. The van der Waals surface area contributed by atoms with Gasteiger partial charge in [-0.25, -0.2) is 8.42 Å². The van der Waals surface area contributed by atoms with Gasteiger partial charge in [0.05, 0.1) is 17.2 Å². The summed E-state index contributed by atoms with van der Waals surface area (Å²) in [4.78, 5) is 12.6. The molecule has 0 saturated heterocycles. The van der Waals surface area contributed by atoms with Gasteiger partial charge in [0.15, 0.2) is 0 Å². The molecule has 0 spiro atoms. The Morgan fingerprint density at radius 1 is 0.909 bits per heavy atom. The molecule has 0 aliphatic heterocycles. The fraction of sp³-hybridized carbons (Fsp3) is 0.240. The maximum atomic E-state index is 12.7. The van der Waals surface area contributed by atoms with Gasteiger partial charge in [0.25, 0.3) is 15.9 Å². The predicted molar refractivity (Wildman–Crippen MR) is 130 cm³/mol. The van der Waals surface area contributed by atoms with Crippen LogP contribution in [-0.2, 0) is 14.8 Å². The molecule has 0 radical (unpaired) electrons. The number of amides is 1. The van der Waals surface area contributed by atoms with Crippen molar-refractivity contribution in [3.8, 4) is 5.75 Å². The maximum absolute atomic E-state index is 12.7. The molecule has 174 valence electrons. The summed E-state index contributed by atoms with van der Waals surface area (Å²) in [7, 11) is -3.75. The van der Waals surface area contributed by atoms with Gasteiger partial charge in [-0.1, -0.05) is 17.7 Å². The Kier molecular flexibility index (Phi) is 8.08. The monoisotopic (exact) mass is 468 g/mol. The van der Waals surface area contributed by atoms with Gasteiger partial charge in [-0.05, 0) is 80.9 Å². The van der Waals surface area contributed by atoms with Gasteiger partial charge in [0.2, 0.25) is 0 Å². The Morgan fingerprint density at radius 2 is 1.61 bits per heavy atom. The van der Waals surface area contributed by atoms with E-state index >= 15 is 0 Å². The summed E-state index contributed by atoms with van der Waals surface area (Å²) in [5.74, 6) is 0.344. The Balaban J connectivity index is 1.61. The van der Waals surface area contributed by atoms with E-state index in [4.69, 9.17) is 9.47 Å². The molecule has 2 N–H and O–H groups in total. The molecule has 7 nitrogen and oxygen atoms in total. The van der Waals surface area contributed by atoms with Crippen molar-refractivity contribution in [2.75, 3.05) is 29.9 Å². The summed E-state index contributed by atoms with van der Waals surface area (Å²) in [5, 5.41) is 2.77. The van der Waals surface area contributed by atoms with E-state index in [-0.39, 0.29) is 10.8 Å². The summed E-state index contributed by atoms with van der Waals surface area (Å²) in [6.07, 6.45) is 0. The van der Waals surface area contributed by atoms with Gasteiger partial charge in [-0.3, -0.25) is 9.52 Å². The third-order valence-corrected chi connectivity index (χ3v) is 6.25. The van der Waals surface area contributed by atoms with E-state index in [1.165, 1.54) is 12.1 Å². The first kappa shape index (κ1) is 24.3. The molecule has 1 amide bonds. The lowest BCUT2D eigenvalue weighted by atomic mass is 10.1. The first-order valence-corrected chi connectivity index (χ1v) is 12.1. The first-order valence-electron chi connectivity index (χ1n) is 10.6. The van der Waals surface area contributed by atoms with Crippen molar-refractivity contribution in [3.05, 3.63) is 83.4 Å². The summed E-state index contributed by atoms with van der Waals surface area (Å²) < 4.78 is 38.8. The summed E-state index contributed by atoms with van der Waals surface area (Å²) >= 11 is 0. The maximum Gasteiger partial charge on any atom is 0.261 e. The highest BCUT2D eigenvalue weighted by molar-refractivity contribution is 7.92. The zero-order valence-corrected chi connectivity index (χ0v) is 19.7. The van der Waals surface area contributed by atoms with E-state index in [9.17, 15) is 13.2 Å². The molecule has 8 heteroatoms. The number of hydrogen-bond donors (Lipinski definition) is 2. The quantitative estimate of drug-likeness (QED) is 0.418. The average Bonchev–Trinajstić information content (AvgIpc) is 2.79. The standard InChI is InChI=1S/C25H28N2O5S/c1-4-31-15-16-32-22-10-6-20(7-11-22)25(28)26-21-8-12-23(13-9-21)33(29,30)27-24-14-5-18(2)17-19(24)3/h5-14,17,27H,4,15-16H2,1-3H3,(H,26,28). The number of hydrogen-bond acceptors (Lipinski definition) is 5. The van der Waals surface area contributed by atoms with Gasteiger partial charge in [0, 0.05) is 17.9 Å². The molecule has 0 heterocycles. The number of carbonyl (C=O) groups is 1. The van der Waals surface area contributed by atoms with E-state index in [1.807, 2.05) is 32.9 Å². The largest absolute Gasteiger partial charge is 0.491 e. The number of nitrogens with one attached hydrogen (secondary N) is 2. The van der Waals surface area contributed by atoms with Crippen molar-refractivity contribution in [3.63, 3.8) is 0 Å². The van der Waals surface area contributed by atoms with Crippen molar-refractivity contribution in [1.82, 2.24) is 0 Å². The van der Waals surface area contributed by atoms with Crippen molar-refractivity contribution in [2.24, 2.45) is 0 Å². The minimum atomic E-state index is -3.75. The Hall–Kier alpha value is -3.36. The summed E-state index contributed by atoms with van der Waals surface area (Å²) in [6, 6.07) is 18.3. The number of carbonyl (C=O) groups excluding carboxylic acids is 1. The lowest BCUT2D eigenvalue weighted by molar-refractivity contribution is 0.102. The second-order valence-electron chi connectivity index (χ2n) is 7.47. The number of benzene rings is 3. The molecule has 0 saturated carbocycles. The van der Waals surface area contributed by atoms with Crippen LogP contribution in [0.2, 0.25) is 0 Å². The molecule has 0 aliphatic rings. The van der Waals surface area contributed by atoms with Gasteiger partial charge < -0.3 is 14.8 Å². The number of sulfonamides is 1. The lowest BCUT2D eigenvalue weighted by Crippen LogP contribution is -2.15. The van der Waals surface area contributed by atoms with Crippen LogP contribution in [0.25, 0.3) is 0 Å². The number of aryl methyl sites for hydroxylation is 2. The summed E-state index contributed by atoms with van der Waals surface area (Å²) in [5.41, 5.74) is 3.37. The van der Waals surface area contributed by atoms with E-state index in [0.29, 0.717) is 42.5 Å². The van der Waals surface area contributed by atoms with Gasteiger partial charge >= 0.3 is 0 Å². The van der Waals surface area contributed by atoms with Crippen LogP contribution in [-0.4, -0.2) is 34.1 Å². The second kappa shape index (κ2) is 11.0. The van der Waals surface area contributed by atoms with Crippen molar-refractivity contribution < 1.29 is 22.7 Å². The molecule has 3 rings (SSSR count). The highest BCUT2D eigenvalue weighted by Gasteiger charge is 2.16. The molecule has 0 unspecified atom stereocenters. The molecule has 33 heavy (non-hydrogen) atoms. The van der Waals surface area contributed by atoms with Crippen LogP contribution < -0.4 is 14.8 Å². The number of rotatable bonds is 10. The Bertz CT molecular complexity index is 1190. The summed E-state index contributed by atoms with van der Waals surface area (Å²) in [6.45, 7) is 7.30. The molecule has 0 atom stereocenters. The van der Waals surface area contributed by atoms with Crippen molar-refractivity contribution in [2.45, 2.75) is 25.7 Å².